The van der Waals surface area contributed by atoms with Crippen molar-refractivity contribution >= 4 is 10.1 Å². The van der Waals surface area contributed by atoms with Crippen LogP contribution in [0.1, 0.15) is 20.3 Å². The first-order chi connectivity index (χ1) is 8.69. The molecule has 116 valence electrons. The van der Waals surface area contributed by atoms with E-state index in [1.54, 1.807) is 4.90 Å². The van der Waals surface area contributed by atoms with Crippen molar-refractivity contribution in [1.29, 1.82) is 0 Å². The summed E-state index contributed by atoms with van der Waals surface area (Å²) < 4.78 is 31.7. The van der Waals surface area contributed by atoms with Crippen LogP contribution in [0.5, 0.6) is 0 Å². The second-order valence-electron chi connectivity index (χ2n) is 5.06. The number of nitrogens with zero attached hydrogens (tertiary/aromatic N) is 1. The molecule has 0 rings (SSSR count). The van der Waals surface area contributed by atoms with Crippen LogP contribution < -0.4 is 0 Å². The molecule has 0 aliphatic heterocycles. The molecular weight excluding hydrogens is 274 g/mol. The van der Waals surface area contributed by atoms with Gasteiger partial charge in [0, 0.05) is 19.1 Å². The van der Waals surface area contributed by atoms with Crippen molar-refractivity contribution in [2.45, 2.75) is 32.4 Å². The normalized spacial score (nSPS) is 16.0. The summed E-state index contributed by atoms with van der Waals surface area (Å²) in [7, 11) is -4.49. The van der Waals surface area contributed by atoms with Crippen LogP contribution in [-0.4, -0.2) is 77.4 Å². The quantitative estimate of drug-likeness (QED) is 0.424. The van der Waals surface area contributed by atoms with Gasteiger partial charge < -0.3 is 19.9 Å². The largest absolute Gasteiger partial charge is 0.748 e. The molecule has 3 N–H and O–H groups in total. The number of hydrogen-bond acceptors (Lipinski definition) is 7. The molecule has 0 aromatic heterocycles. The summed E-state index contributed by atoms with van der Waals surface area (Å²) in [6, 6.07) is -0.281. The molecule has 0 radical (unpaired) electrons. The predicted molar refractivity (Wildman–Crippen MR) is 69.6 cm³/mol. The molecule has 8 heteroatoms. The van der Waals surface area contributed by atoms with Crippen molar-refractivity contribution in [1.82, 2.24) is 4.90 Å². The van der Waals surface area contributed by atoms with E-state index in [1.807, 2.05) is 13.8 Å². The minimum atomic E-state index is -4.49. The zero-order chi connectivity index (χ0) is 15.1. The van der Waals surface area contributed by atoms with E-state index in [9.17, 15) is 23.2 Å². The molecule has 0 amide bonds. The first kappa shape index (κ1) is 18.8. The lowest BCUT2D eigenvalue weighted by molar-refractivity contribution is 0.0494. The highest BCUT2D eigenvalue weighted by Gasteiger charge is 2.22. The lowest BCUT2D eigenvalue weighted by Gasteiger charge is -2.32. The topological polar surface area (TPSA) is 121 Å². The highest BCUT2D eigenvalue weighted by atomic mass is 32.2. The second-order valence-corrected chi connectivity index (χ2v) is 6.51. The molecule has 2 unspecified atom stereocenters. The second kappa shape index (κ2) is 8.83. The predicted octanol–water partition coefficient (Wildman–Crippen LogP) is -1.41. The molecule has 7 nitrogen and oxygen atoms in total. The Morgan fingerprint density at radius 1 is 1.26 bits per heavy atom. The van der Waals surface area contributed by atoms with Crippen molar-refractivity contribution < 1.29 is 28.3 Å². The van der Waals surface area contributed by atoms with Gasteiger partial charge in [0.05, 0.1) is 35.2 Å². The Labute approximate surface area is 114 Å². The van der Waals surface area contributed by atoms with Crippen molar-refractivity contribution in [2.75, 3.05) is 32.1 Å². The van der Waals surface area contributed by atoms with Crippen LogP contribution in [0.15, 0.2) is 0 Å². The average molecular weight is 298 g/mol. The van der Waals surface area contributed by atoms with Crippen LogP contribution >= 0.6 is 0 Å². The third-order valence-corrected chi connectivity index (χ3v) is 3.49. The van der Waals surface area contributed by atoms with E-state index >= 15 is 0 Å². The number of aliphatic hydroxyl groups excluding tert-OH is 3. The first-order valence-electron chi connectivity index (χ1n) is 6.27. The zero-order valence-corrected chi connectivity index (χ0v) is 12.2. The fourth-order valence-electron chi connectivity index (χ4n) is 1.99. The summed E-state index contributed by atoms with van der Waals surface area (Å²) in [4.78, 5) is 1.61. The zero-order valence-electron chi connectivity index (χ0n) is 11.4. The molecule has 0 fully saturated rings. The first-order valence-corrected chi connectivity index (χ1v) is 7.84. The summed E-state index contributed by atoms with van der Waals surface area (Å²) in [6.45, 7) is 3.74. The fraction of sp³-hybridized carbons (Fsp3) is 1.00. The molecule has 0 bridgehead atoms. The number of rotatable bonds is 10. The summed E-state index contributed by atoms with van der Waals surface area (Å²) in [5.74, 6) is -0.562. The fourth-order valence-corrected chi connectivity index (χ4v) is 2.57. The average Bonchev–Trinajstić information content (AvgIpc) is 2.22. The SMILES string of the molecule is CC(C)CC(CO)N(CCO)CC(O)CS(=O)(=O)[O-]. The van der Waals surface area contributed by atoms with Gasteiger partial charge in [0.25, 0.3) is 0 Å². The van der Waals surface area contributed by atoms with Crippen LogP contribution in [0.2, 0.25) is 0 Å². The van der Waals surface area contributed by atoms with E-state index < -0.39 is 22.0 Å². The standard InChI is InChI=1S/C11H25NO6S/c1-9(2)5-10(7-14)12(3-4-13)6-11(15)8-19(16,17)18/h9-11,13-15H,3-8H2,1-2H3,(H,16,17,18)/p-1. The molecule has 19 heavy (non-hydrogen) atoms. The van der Waals surface area contributed by atoms with Crippen molar-refractivity contribution in [2.24, 2.45) is 5.92 Å². The maximum atomic E-state index is 10.6. The molecule has 0 heterocycles. The van der Waals surface area contributed by atoms with Gasteiger partial charge in [-0.05, 0) is 12.3 Å². The van der Waals surface area contributed by atoms with E-state index in [1.165, 1.54) is 0 Å². The van der Waals surface area contributed by atoms with E-state index in [0.717, 1.165) is 0 Å². The van der Waals surface area contributed by atoms with Gasteiger partial charge in [-0.1, -0.05) is 13.8 Å². The molecule has 0 aromatic rings. The van der Waals surface area contributed by atoms with E-state index in [4.69, 9.17) is 5.11 Å². The monoisotopic (exact) mass is 298 g/mol. The number of aliphatic hydroxyl groups is 3. The highest BCUT2D eigenvalue weighted by Crippen LogP contribution is 2.12. The molecule has 0 spiro atoms. The molecule has 0 aliphatic carbocycles. The van der Waals surface area contributed by atoms with Crippen LogP contribution in [0, 0.1) is 5.92 Å². The summed E-state index contributed by atoms with van der Waals surface area (Å²) in [6.07, 6.45) is -0.678. The van der Waals surface area contributed by atoms with Gasteiger partial charge in [0.15, 0.2) is 0 Å². The van der Waals surface area contributed by atoms with E-state index in [0.29, 0.717) is 12.3 Å². The van der Waals surface area contributed by atoms with E-state index in [-0.39, 0.29) is 32.3 Å². The van der Waals surface area contributed by atoms with Crippen LogP contribution in [0.3, 0.4) is 0 Å². The van der Waals surface area contributed by atoms with Crippen molar-refractivity contribution in [3.05, 3.63) is 0 Å². The maximum absolute atomic E-state index is 10.6. The van der Waals surface area contributed by atoms with Gasteiger partial charge in [-0.25, -0.2) is 8.42 Å². The molecular formula is C11H24NO6S-. The van der Waals surface area contributed by atoms with Gasteiger partial charge in [-0.2, -0.15) is 0 Å². The van der Waals surface area contributed by atoms with Crippen LogP contribution in [0.4, 0.5) is 0 Å². The lowest BCUT2D eigenvalue weighted by atomic mass is 10.0. The number of hydrogen-bond donors (Lipinski definition) is 3. The van der Waals surface area contributed by atoms with Crippen molar-refractivity contribution in [3.63, 3.8) is 0 Å². The Morgan fingerprint density at radius 3 is 2.21 bits per heavy atom. The molecule has 0 aliphatic rings. The molecule has 2 atom stereocenters. The Bertz CT molecular complexity index is 332. The Morgan fingerprint density at radius 2 is 1.84 bits per heavy atom. The summed E-state index contributed by atoms with van der Waals surface area (Å²) in [5.41, 5.74) is 0. The minimum absolute atomic E-state index is 0.0695. The maximum Gasteiger partial charge on any atom is 0.0972 e. The lowest BCUT2D eigenvalue weighted by Crippen LogP contribution is -2.46. The van der Waals surface area contributed by atoms with Crippen LogP contribution in [0.25, 0.3) is 0 Å². The molecule has 0 saturated carbocycles. The Balaban J connectivity index is 4.60. The summed E-state index contributed by atoms with van der Waals surface area (Å²) in [5, 5.41) is 27.9. The molecule has 0 aromatic carbocycles. The molecule has 0 saturated heterocycles. The Kier molecular flexibility index (Phi) is 8.71. The van der Waals surface area contributed by atoms with E-state index in [2.05, 4.69) is 0 Å². The minimum Gasteiger partial charge on any atom is -0.748 e. The van der Waals surface area contributed by atoms with Gasteiger partial charge in [0.1, 0.15) is 0 Å². The third-order valence-electron chi connectivity index (χ3n) is 2.70. The van der Waals surface area contributed by atoms with Gasteiger partial charge in [-0.3, -0.25) is 4.90 Å². The van der Waals surface area contributed by atoms with Gasteiger partial charge in [0.2, 0.25) is 0 Å². The third kappa shape index (κ3) is 9.31. The highest BCUT2D eigenvalue weighted by molar-refractivity contribution is 7.85. The van der Waals surface area contributed by atoms with Gasteiger partial charge in [-0.15, -0.1) is 0 Å². The Hall–Kier alpha value is -0.250. The van der Waals surface area contributed by atoms with Crippen LogP contribution in [-0.2, 0) is 10.1 Å². The summed E-state index contributed by atoms with van der Waals surface area (Å²) >= 11 is 0. The van der Waals surface area contributed by atoms with Gasteiger partial charge >= 0.3 is 0 Å². The van der Waals surface area contributed by atoms with Crippen molar-refractivity contribution in [3.8, 4) is 0 Å². The smallest absolute Gasteiger partial charge is 0.0972 e.